The van der Waals surface area contributed by atoms with Crippen molar-refractivity contribution in [3.63, 3.8) is 0 Å². The predicted molar refractivity (Wildman–Crippen MR) is 89.4 cm³/mol. The van der Waals surface area contributed by atoms with E-state index in [1.807, 2.05) is 13.8 Å². The fourth-order valence-electron chi connectivity index (χ4n) is 1.72. The van der Waals surface area contributed by atoms with Gasteiger partial charge in [-0.3, -0.25) is 9.59 Å². The van der Waals surface area contributed by atoms with Gasteiger partial charge in [-0.1, -0.05) is 18.5 Å². The highest BCUT2D eigenvalue weighted by Crippen LogP contribution is 2.36. The number of halogens is 1. The zero-order chi connectivity index (χ0) is 17.4. The number of rotatable bonds is 8. The average Bonchev–Trinajstić information content (AvgIpc) is 2.51. The first kappa shape index (κ1) is 19.1. The SMILES string of the molecule is CCCOc1c(Cl)cc(C(=O)NCC(=O)N(C)C)cc1OCC. The molecule has 0 unspecified atom stereocenters. The topological polar surface area (TPSA) is 67.9 Å². The molecule has 2 amide bonds. The van der Waals surface area contributed by atoms with Gasteiger partial charge in [0, 0.05) is 19.7 Å². The van der Waals surface area contributed by atoms with Crippen molar-refractivity contribution in [1.29, 1.82) is 0 Å². The molecule has 0 aliphatic heterocycles. The summed E-state index contributed by atoms with van der Waals surface area (Å²) >= 11 is 6.20. The number of amides is 2. The Hall–Kier alpha value is -1.95. The number of hydrogen-bond donors (Lipinski definition) is 1. The second kappa shape index (κ2) is 9.25. The molecule has 23 heavy (non-hydrogen) atoms. The number of nitrogens with zero attached hydrogens (tertiary/aromatic N) is 1. The summed E-state index contributed by atoms with van der Waals surface area (Å²) in [4.78, 5) is 25.1. The summed E-state index contributed by atoms with van der Waals surface area (Å²) in [7, 11) is 3.25. The number of carbonyl (C=O) groups excluding carboxylic acids is 2. The normalized spacial score (nSPS) is 10.1. The molecule has 1 N–H and O–H groups in total. The van der Waals surface area contributed by atoms with Gasteiger partial charge in [0.05, 0.1) is 24.8 Å². The van der Waals surface area contributed by atoms with Crippen molar-refractivity contribution in [2.24, 2.45) is 0 Å². The number of nitrogens with one attached hydrogen (secondary N) is 1. The molecule has 0 spiro atoms. The number of likely N-dealkylation sites (N-methyl/N-ethyl adjacent to an activating group) is 1. The maximum Gasteiger partial charge on any atom is 0.251 e. The minimum absolute atomic E-state index is 0.0818. The zero-order valence-electron chi connectivity index (χ0n) is 13.9. The van der Waals surface area contributed by atoms with Crippen LogP contribution < -0.4 is 14.8 Å². The second-order valence-electron chi connectivity index (χ2n) is 5.04. The largest absolute Gasteiger partial charge is 0.490 e. The molecule has 0 saturated heterocycles. The molecule has 0 aromatic heterocycles. The summed E-state index contributed by atoms with van der Waals surface area (Å²) in [6, 6.07) is 3.07. The van der Waals surface area contributed by atoms with Crippen molar-refractivity contribution in [1.82, 2.24) is 10.2 Å². The molecular weight excluding hydrogens is 320 g/mol. The van der Waals surface area contributed by atoms with Crippen LogP contribution in [0.3, 0.4) is 0 Å². The molecular formula is C16H23ClN2O4. The Balaban J connectivity index is 2.94. The lowest BCUT2D eigenvalue weighted by molar-refractivity contribution is -0.127. The van der Waals surface area contributed by atoms with Crippen LogP contribution in [0.5, 0.6) is 11.5 Å². The Morgan fingerprint density at radius 3 is 2.48 bits per heavy atom. The molecule has 0 saturated carbocycles. The molecule has 0 atom stereocenters. The lowest BCUT2D eigenvalue weighted by Crippen LogP contribution is -2.36. The molecule has 0 fully saturated rings. The molecule has 0 aliphatic rings. The van der Waals surface area contributed by atoms with Gasteiger partial charge in [-0.15, -0.1) is 0 Å². The van der Waals surface area contributed by atoms with E-state index in [0.29, 0.717) is 35.3 Å². The van der Waals surface area contributed by atoms with Crippen molar-refractivity contribution in [3.05, 3.63) is 22.7 Å². The van der Waals surface area contributed by atoms with E-state index in [2.05, 4.69) is 5.32 Å². The van der Waals surface area contributed by atoms with Crippen LogP contribution in [0.2, 0.25) is 5.02 Å². The molecule has 1 rings (SSSR count). The van der Waals surface area contributed by atoms with Crippen molar-refractivity contribution < 1.29 is 19.1 Å². The van der Waals surface area contributed by atoms with E-state index >= 15 is 0 Å². The highest BCUT2D eigenvalue weighted by molar-refractivity contribution is 6.32. The second-order valence-corrected chi connectivity index (χ2v) is 5.44. The average molecular weight is 343 g/mol. The number of ether oxygens (including phenoxy) is 2. The molecule has 0 heterocycles. The molecule has 0 radical (unpaired) electrons. The first-order valence-corrected chi connectivity index (χ1v) is 7.85. The monoisotopic (exact) mass is 342 g/mol. The van der Waals surface area contributed by atoms with Crippen LogP contribution in [0.4, 0.5) is 0 Å². The quantitative estimate of drug-likeness (QED) is 0.787. The van der Waals surface area contributed by atoms with Crippen molar-refractivity contribution >= 4 is 23.4 Å². The number of benzene rings is 1. The van der Waals surface area contributed by atoms with E-state index in [1.165, 1.54) is 11.0 Å². The summed E-state index contributed by atoms with van der Waals surface area (Å²) in [6.07, 6.45) is 0.830. The lowest BCUT2D eigenvalue weighted by atomic mass is 10.2. The standard InChI is InChI=1S/C16H23ClN2O4/c1-5-7-23-15-12(17)8-11(9-13(15)22-6-2)16(21)18-10-14(20)19(3)4/h8-9H,5-7,10H2,1-4H3,(H,18,21). The van der Waals surface area contributed by atoms with Gasteiger partial charge in [0.25, 0.3) is 5.91 Å². The van der Waals surface area contributed by atoms with Gasteiger partial charge in [0.2, 0.25) is 5.91 Å². The number of hydrogen-bond acceptors (Lipinski definition) is 4. The molecule has 1 aromatic rings. The maximum atomic E-state index is 12.2. The van der Waals surface area contributed by atoms with Gasteiger partial charge < -0.3 is 19.7 Å². The maximum absolute atomic E-state index is 12.2. The zero-order valence-corrected chi connectivity index (χ0v) is 14.7. The smallest absolute Gasteiger partial charge is 0.251 e. The van der Waals surface area contributed by atoms with E-state index in [-0.39, 0.29) is 12.5 Å². The molecule has 7 heteroatoms. The summed E-state index contributed by atoms with van der Waals surface area (Å²) in [5, 5.41) is 2.85. The third kappa shape index (κ3) is 5.63. The van der Waals surface area contributed by atoms with E-state index in [4.69, 9.17) is 21.1 Å². The van der Waals surface area contributed by atoms with Crippen molar-refractivity contribution in [2.45, 2.75) is 20.3 Å². The van der Waals surface area contributed by atoms with Crippen LogP contribution in [-0.4, -0.2) is 50.6 Å². The Labute approximate surface area is 141 Å². The van der Waals surface area contributed by atoms with Crippen molar-refractivity contribution in [2.75, 3.05) is 33.9 Å². The fourth-order valence-corrected chi connectivity index (χ4v) is 1.99. The Morgan fingerprint density at radius 1 is 1.22 bits per heavy atom. The third-order valence-corrected chi connectivity index (χ3v) is 3.20. The highest BCUT2D eigenvalue weighted by Gasteiger charge is 2.17. The Bertz CT molecular complexity index is 561. The van der Waals surface area contributed by atoms with Crippen molar-refractivity contribution in [3.8, 4) is 11.5 Å². The van der Waals surface area contributed by atoms with Gasteiger partial charge in [0.15, 0.2) is 11.5 Å². The lowest BCUT2D eigenvalue weighted by Gasteiger charge is -2.15. The van der Waals surface area contributed by atoms with Gasteiger partial charge in [-0.2, -0.15) is 0 Å². The van der Waals surface area contributed by atoms with Crippen LogP contribution in [-0.2, 0) is 4.79 Å². The van der Waals surface area contributed by atoms with E-state index in [9.17, 15) is 9.59 Å². The van der Waals surface area contributed by atoms with Crippen LogP contribution >= 0.6 is 11.6 Å². The van der Waals surface area contributed by atoms with Crippen LogP contribution in [0.15, 0.2) is 12.1 Å². The predicted octanol–water partition coefficient (Wildman–Crippen LogP) is 2.35. The van der Waals surface area contributed by atoms with Gasteiger partial charge in [0.1, 0.15) is 0 Å². The van der Waals surface area contributed by atoms with Crippen LogP contribution in [0.1, 0.15) is 30.6 Å². The molecule has 0 bridgehead atoms. The molecule has 0 aliphatic carbocycles. The number of carbonyl (C=O) groups is 2. The van der Waals surface area contributed by atoms with E-state index < -0.39 is 5.91 Å². The van der Waals surface area contributed by atoms with E-state index in [1.54, 1.807) is 20.2 Å². The van der Waals surface area contributed by atoms with Crippen LogP contribution in [0, 0.1) is 0 Å². The molecule has 128 valence electrons. The minimum Gasteiger partial charge on any atom is -0.490 e. The summed E-state index contributed by atoms with van der Waals surface area (Å²) in [5.74, 6) is 0.247. The first-order valence-electron chi connectivity index (χ1n) is 7.48. The minimum atomic E-state index is -0.398. The van der Waals surface area contributed by atoms with Gasteiger partial charge in [-0.05, 0) is 25.5 Å². The summed E-state index contributed by atoms with van der Waals surface area (Å²) in [6.45, 7) is 4.66. The summed E-state index contributed by atoms with van der Waals surface area (Å²) in [5.41, 5.74) is 0.314. The Morgan fingerprint density at radius 2 is 1.91 bits per heavy atom. The van der Waals surface area contributed by atoms with Gasteiger partial charge in [-0.25, -0.2) is 0 Å². The van der Waals surface area contributed by atoms with E-state index in [0.717, 1.165) is 6.42 Å². The fraction of sp³-hybridized carbons (Fsp3) is 0.500. The van der Waals surface area contributed by atoms with Crippen LogP contribution in [0.25, 0.3) is 0 Å². The van der Waals surface area contributed by atoms with Gasteiger partial charge >= 0.3 is 0 Å². The third-order valence-electron chi connectivity index (χ3n) is 2.92. The highest BCUT2D eigenvalue weighted by atomic mass is 35.5. The first-order chi connectivity index (χ1) is 10.9. The Kier molecular flexibility index (Phi) is 7.68. The summed E-state index contributed by atoms with van der Waals surface area (Å²) < 4.78 is 11.1. The molecule has 1 aromatic carbocycles. The molecule has 6 nitrogen and oxygen atoms in total.